The van der Waals surface area contributed by atoms with Gasteiger partial charge < -0.3 is 13.9 Å². The van der Waals surface area contributed by atoms with E-state index in [0.29, 0.717) is 0 Å². The quantitative estimate of drug-likeness (QED) is 0.149. The van der Waals surface area contributed by atoms with Crippen LogP contribution in [0, 0.1) is 0 Å². The van der Waals surface area contributed by atoms with Crippen LogP contribution >= 0.6 is 0 Å². The number of anilines is 3. The maximum atomic E-state index is 6.26. The number of hydrogen-bond donors (Lipinski definition) is 0. The van der Waals surface area contributed by atoms with E-state index in [1.165, 1.54) is 60.0 Å². The van der Waals surface area contributed by atoms with Gasteiger partial charge in [0.25, 0.3) is 0 Å². The highest BCUT2D eigenvalue weighted by atomic mass is 16.3. The summed E-state index contributed by atoms with van der Waals surface area (Å²) >= 11 is 0. The molecule has 3 nitrogen and oxygen atoms in total. The molecule has 65 heavy (non-hydrogen) atoms. The van der Waals surface area contributed by atoms with E-state index in [4.69, 9.17) is 4.42 Å². The van der Waals surface area contributed by atoms with Gasteiger partial charge in [-0.25, -0.2) is 0 Å². The van der Waals surface area contributed by atoms with Crippen molar-refractivity contribution in [1.82, 2.24) is 4.57 Å². The lowest BCUT2D eigenvalue weighted by Crippen LogP contribution is -2.09. The van der Waals surface area contributed by atoms with Gasteiger partial charge in [0, 0.05) is 44.3 Å². The van der Waals surface area contributed by atoms with E-state index in [1.54, 1.807) is 0 Å². The van der Waals surface area contributed by atoms with Crippen LogP contribution < -0.4 is 4.90 Å². The summed E-state index contributed by atoms with van der Waals surface area (Å²) in [5.41, 5.74) is 15.6. The number of hydrogen-bond acceptors (Lipinski definition) is 2. The third kappa shape index (κ3) is 6.20. The van der Waals surface area contributed by atoms with E-state index in [0.717, 1.165) is 61.4 Å². The van der Waals surface area contributed by atoms with Gasteiger partial charge in [-0.2, -0.15) is 0 Å². The Hall–Kier alpha value is -8.66. The topological polar surface area (TPSA) is 21.3 Å². The monoisotopic (exact) mass is 828 g/mol. The number of rotatable bonds is 7. The first-order valence-corrected chi connectivity index (χ1v) is 22.2. The average Bonchev–Trinajstić information content (AvgIpc) is 3.93. The molecule has 13 rings (SSSR count). The van der Waals surface area contributed by atoms with E-state index in [2.05, 4.69) is 240 Å². The van der Waals surface area contributed by atoms with Crippen molar-refractivity contribution in [2.45, 2.75) is 0 Å². The van der Waals surface area contributed by atoms with Gasteiger partial charge in [0.1, 0.15) is 11.2 Å². The normalized spacial score (nSPS) is 11.7. The lowest BCUT2D eigenvalue weighted by Gasteiger charge is -2.26. The Balaban J connectivity index is 0.884. The predicted octanol–water partition coefficient (Wildman–Crippen LogP) is 17.5. The van der Waals surface area contributed by atoms with Gasteiger partial charge in [0.2, 0.25) is 0 Å². The van der Waals surface area contributed by atoms with Gasteiger partial charge in [-0.1, -0.05) is 164 Å². The fraction of sp³-hybridized carbons (Fsp3) is 0. The molecule has 0 bridgehead atoms. The maximum absolute atomic E-state index is 6.26. The molecule has 0 atom stereocenters. The molecule has 0 fully saturated rings. The molecule has 0 saturated carbocycles. The molecular weight excluding hydrogens is 789 g/mol. The lowest BCUT2D eigenvalue weighted by molar-refractivity contribution is 0.669. The summed E-state index contributed by atoms with van der Waals surface area (Å²) < 4.78 is 8.65. The van der Waals surface area contributed by atoms with Gasteiger partial charge in [0.05, 0.1) is 11.0 Å². The van der Waals surface area contributed by atoms with E-state index >= 15 is 0 Å². The minimum Gasteiger partial charge on any atom is -0.456 e. The van der Waals surface area contributed by atoms with Crippen LogP contribution in [0.2, 0.25) is 0 Å². The summed E-state index contributed by atoms with van der Waals surface area (Å²) in [7, 11) is 0. The van der Waals surface area contributed by atoms with Gasteiger partial charge in [0.15, 0.2) is 0 Å². The Labute approximate surface area is 376 Å². The van der Waals surface area contributed by atoms with E-state index in [-0.39, 0.29) is 0 Å². The molecule has 0 saturated heterocycles. The number of nitrogens with zero attached hydrogens (tertiary/aromatic N) is 2. The fourth-order valence-electron chi connectivity index (χ4n) is 10.1. The molecule has 0 radical (unpaired) electrons. The highest BCUT2D eigenvalue weighted by molar-refractivity contribution is 6.13. The standard InChI is InChI=1S/C62H40N2O/c1-2-14-52-43(11-1)23-24-47-39-46(31-38-53(47)52)42-27-34-49(35-28-42)63(50-36-29-44(30-37-50)54-18-10-22-61-62(54)57-17-5-8-21-60(57)65-61)48-32-25-41(26-33-48)45-12-9-13-51(40-45)64-58-19-6-3-15-55(58)56-16-4-7-20-59(56)64/h1-40H. The van der Waals surface area contributed by atoms with Crippen molar-refractivity contribution < 1.29 is 4.42 Å². The first kappa shape index (κ1) is 36.9. The van der Waals surface area contributed by atoms with Crippen molar-refractivity contribution >= 4 is 82.4 Å². The van der Waals surface area contributed by atoms with Crippen molar-refractivity contribution in [1.29, 1.82) is 0 Å². The van der Waals surface area contributed by atoms with Crippen LogP contribution in [0.5, 0.6) is 0 Å². The van der Waals surface area contributed by atoms with E-state index in [9.17, 15) is 0 Å². The highest BCUT2D eigenvalue weighted by Gasteiger charge is 2.17. The predicted molar refractivity (Wildman–Crippen MR) is 274 cm³/mol. The first-order chi connectivity index (χ1) is 32.2. The smallest absolute Gasteiger partial charge is 0.136 e. The van der Waals surface area contributed by atoms with Crippen LogP contribution in [0.4, 0.5) is 17.1 Å². The van der Waals surface area contributed by atoms with E-state index in [1.807, 2.05) is 12.1 Å². The number of furan rings is 1. The third-order valence-electron chi connectivity index (χ3n) is 13.2. The summed E-state index contributed by atoms with van der Waals surface area (Å²) in [5, 5.41) is 9.86. The zero-order valence-corrected chi connectivity index (χ0v) is 35.4. The molecule has 13 aromatic rings. The van der Waals surface area contributed by atoms with Gasteiger partial charge in [-0.05, 0) is 134 Å². The van der Waals surface area contributed by atoms with Crippen LogP contribution in [-0.2, 0) is 0 Å². The summed E-state index contributed by atoms with van der Waals surface area (Å²) in [6, 6.07) is 87.7. The molecular formula is C62H40N2O. The highest BCUT2D eigenvalue weighted by Crippen LogP contribution is 2.41. The number of aromatic nitrogens is 1. The van der Waals surface area contributed by atoms with Crippen molar-refractivity contribution in [2.75, 3.05) is 4.90 Å². The Morgan fingerprint density at radius 3 is 1.51 bits per heavy atom. The van der Waals surface area contributed by atoms with Crippen LogP contribution in [-0.4, -0.2) is 4.57 Å². The Morgan fingerprint density at radius 1 is 0.308 bits per heavy atom. The minimum absolute atomic E-state index is 0.898. The minimum atomic E-state index is 0.898. The SMILES string of the molecule is c1cc(-c2ccc(N(c3ccc(-c4ccc5c(ccc6ccccc65)c4)cc3)c3ccc(-c4cccc5oc6ccccc6c45)cc3)cc2)cc(-n2c3ccccc3c3ccccc32)c1. The Morgan fingerprint density at radius 2 is 0.815 bits per heavy atom. The van der Waals surface area contributed by atoms with Crippen LogP contribution in [0.1, 0.15) is 0 Å². The largest absolute Gasteiger partial charge is 0.456 e. The van der Waals surface area contributed by atoms with Crippen LogP contribution in [0.3, 0.4) is 0 Å². The Kier molecular flexibility index (Phi) is 8.53. The maximum Gasteiger partial charge on any atom is 0.136 e. The van der Waals surface area contributed by atoms with Crippen molar-refractivity contribution in [2.24, 2.45) is 0 Å². The van der Waals surface area contributed by atoms with E-state index < -0.39 is 0 Å². The molecule has 0 aliphatic rings. The average molecular weight is 829 g/mol. The molecule has 0 aliphatic carbocycles. The second-order valence-corrected chi connectivity index (χ2v) is 16.9. The summed E-state index contributed by atoms with van der Waals surface area (Å²) in [4.78, 5) is 2.35. The number of benzene rings is 11. The van der Waals surface area contributed by atoms with Crippen LogP contribution in [0.15, 0.2) is 247 Å². The van der Waals surface area contributed by atoms with Gasteiger partial charge >= 0.3 is 0 Å². The molecule has 2 heterocycles. The molecule has 0 aliphatic heterocycles. The molecule has 3 heteroatoms. The molecule has 304 valence electrons. The Bertz CT molecular complexity index is 3880. The lowest BCUT2D eigenvalue weighted by atomic mass is 9.97. The molecule has 0 unspecified atom stereocenters. The number of para-hydroxylation sites is 3. The molecule has 11 aromatic carbocycles. The van der Waals surface area contributed by atoms with Gasteiger partial charge in [-0.15, -0.1) is 0 Å². The van der Waals surface area contributed by atoms with Crippen molar-refractivity contribution in [3.05, 3.63) is 243 Å². The summed E-state index contributed by atoms with van der Waals surface area (Å²) in [5.74, 6) is 0. The fourth-order valence-corrected chi connectivity index (χ4v) is 10.1. The third-order valence-corrected chi connectivity index (χ3v) is 13.2. The molecule has 0 spiro atoms. The molecule has 0 amide bonds. The van der Waals surface area contributed by atoms with Crippen molar-refractivity contribution in [3.63, 3.8) is 0 Å². The summed E-state index contributed by atoms with van der Waals surface area (Å²) in [6.07, 6.45) is 0. The molecule has 2 aromatic heterocycles. The molecule has 0 N–H and O–H groups in total. The number of fused-ring (bicyclic) bond motifs is 9. The second-order valence-electron chi connectivity index (χ2n) is 16.9. The summed E-state index contributed by atoms with van der Waals surface area (Å²) in [6.45, 7) is 0. The van der Waals surface area contributed by atoms with Crippen LogP contribution in [0.25, 0.3) is 104 Å². The second kappa shape index (κ2) is 15.0. The van der Waals surface area contributed by atoms with Gasteiger partial charge in [-0.3, -0.25) is 0 Å². The first-order valence-electron chi connectivity index (χ1n) is 22.2. The van der Waals surface area contributed by atoms with Crippen molar-refractivity contribution in [3.8, 4) is 39.1 Å². The zero-order valence-electron chi connectivity index (χ0n) is 35.4. The zero-order chi connectivity index (χ0) is 42.8.